The van der Waals surface area contributed by atoms with Gasteiger partial charge >= 0.3 is 0 Å². The van der Waals surface area contributed by atoms with Crippen molar-refractivity contribution in [3.63, 3.8) is 0 Å². The lowest BCUT2D eigenvalue weighted by Gasteiger charge is -2.37. The monoisotopic (exact) mass is 368 g/mol. The number of nitrogens with one attached hydrogen (secondary N) is 1. The number of rotatable bonds is 2. The molecule has 2 fully saturated rings. The van der Waals surface area contributed by atoms with Crippen LogP contribution in [0.4, 0.5) is 14.5 Å². The molecule has 2 atom stereocenters. The number of carbonyl (C=O) groups excluding carboxylic acids is 1. The van der Waals surface area contributed by atoms with Gasteiger partial charge in [0.1, 0.15) is 6.04 Å². The van der Waals surface area contributed by atoms with E-state index in [1.807, 2.05) is 6.07 Å². The predicted octanol–water partition coefficient (Wildman–Crippen LogP) is 3.92. The number of halogens is 3. The minimum Gasteiger partial charge on any atom is -0.381 e. The van der Waals surface area contributed by atoms with E-state index in [4.69, 9.17) is 16.3 Å². The minimum atomic E-state index is -2.68. The normalized spacial score (nSPS) is 29.1. The fourth-order valence-corrected chi connectivity index (χ4v) is 4.03. The molecule has 1 amide bonds. The summed E-state index contributed by atoms with van der Waals surface area (Å²) in [4.78, 5) is 17.3. The molecule has 1 aromatic rings. The summed E-state index contributed by atoms with van der Waals surface area (Å²) in [7, 11) is 0. The van der Waals surface area contributed by atoms with E-state index in [1.54, 1.807) is 12.1 Å². The zero-order chi connectivity index (χ0) is 17.6. The number of alkyl halides is 2. The zero-order valence-electron chi connectivity index (χ0n) is 13.6. The lowest BCUT2D eigenvalue weighted by atomic mass is 9.76. The zero-order valence-corrected chi connectivity index (χ0v) is 14.4. The molecule has 2 unspecified atom stereocenters. The van der Waals surface area contributed by atoms with Crippen LogP contribution in [-0.4, -0.2) is 36.8 Å². The summed E-state index contributed by atoms with van der Waals surface area (Å²) in [6.45, 7) is 1.25. The third kappa shape index (κ3) is 3.29. The van der Waals surface area contributed by atoms with Gasteiger partial charge in [-0.1, -0.05) is 11.6 Å². The number of hydrogen-bond acceptors (Lipinski definition) is 3. The Bertz CT molecular complexity index is 724. The van der Waals surface area contributed by atoms with Crippen LogP contribution >= 0.6 is 11.6 Å². The van der Waals surface area contributed by atoms with Gasteiger partial charge in [0, 0.05) is 41.9 Å². The van der Waals surface area contributed by atoms with Crippen molar-refractivity contribution in [2.75, 3.05) is 18.5 Å². The van der Waals surface area contributed by atoms with E-state index in [-0.39, 0.29) is 24.7 Å². The van der Waals surface area contributed by atoms with Crippen LogP contribution in [0.3, 0.4) is 0 Å². The van der Waals surface area contributed by atoms with Crippen LogP contribution in [0.15, 0.2) is 23.2 Å². The second kappa shape index (κ2) is 6.32. The quantitative estimate of drug-likeness (QED) is 0.860. The molecule has 1 saturated carbocycles. The van der Waals surface area contributed by atoms with Crippen molar-refractivity contribution >= 4 is 28.9 Å². The molecule has 25 heavy (non-hydrogen) atoms. The number of carbonyl (C=O) groups is 1. The molecule has 4 rings (SSSR count). The lowest BCUT2D eigenvalue weighted by molar-refractivity contribution is -0.133. The molecule has 0 aromatic heterocycles. The van der Waals surface area contributed by atoms with E-state index in [1.165, 1.54) is 0 Å². The summed E-state index contributed by atoms with van der Waals surface area (Å²) in [5.41, 5.74) is 2.17. The molecule has 1 aliphatic carbocycles. The number of nitrogens with zero attached hydrogens (tertiary/aromatic N) is 1. The van der Waals surface area contributed by atoms with Crippen LogP contribution in [0.2, 0.25) is 5.02 Å². The number of benzene rings is 1. The number of hydrogen-bond donors (Lipinski definition) is 1. The highest BCUT2D eigenvalue weighted by Crippen LogP contribution is 2.46. The molecule has 1 aromatic carbocycles. The molecule has 1 N–H and O–H groups in total. The SMILES string of the molecule is O=C1Nc2cc(Cl)ccc2C(C2CCCOC2)=NC1C1CC(F)(F)C1. The second-order valence-corrected chi connectivity index (χ2v) is 7.51. The third-order valence-corrected chi connectivity index (χ3v) is 5.41. The van der Waals surface area contributed by atoms with Crippen LogP contribution in [0, 0.1) is 11.8 Å². The molecule has 0 spiro atoms. The largest absolute Gasteiger partial charge is 0.381 e. The molecule has 2 aliphatic heterocycles. The van der Waals surface area contributed by atoms with E-state index in [0.29, 0.717) is 23.9 Å². The molecule has 4 nitrogen and oxygen atoms in total. The van der Waals surface area contributed by atoms with Crippen molar-refractivity contribution in [3.05, 3.63) is 28.8 Å². The number of benzodiazepines with no additional fused rings is 1. The summed E-state index contributed by atoms with van der Waals surface area (Å²) in [6.07, 6.45) is 1.24. The van der Waals surface area contributed by atoms with Gasteiger partial charge in [0.05, 0.1) is 18.0 Å². The lowest BCUT2D eigenvalue weighted by Crippen LogP contribution is -2.46. The summed E-state index contributed by atoms with van der Waals surface area (Å²) in [6, 6.07) is 4.49. The molecular formula is C18H19ClF2N2O2. The second-order valence-electron chi connectivity index (χ2n) is 7.08. The smallest absolute Gasteiger partial charge is 0.249 e. The maximum absolute atomic E-state index is 13.3. The molecule has 1 saturated heterocycles. The fraction of sp³-hybridized carbons (Fsp3) is 0.556. The Kier molecular flexibility index (Phi) is 4.28. The highest BCUT2D eigenvalue weighted by molar-refractivity contribution is 6.31. The van der Waals surface area contributed by atoms with Crippen molar-refractivity contribution in [1.29, 1.82) is 0 Å². The Labute approximate surface area is 149 Å². The van der Waals surface area contributed by atoms with Crippen LogP contribution in [0.1, 0.15) is 31.2 Å². The van der Waals surface area contributed by atoms with Crippen molar-refractivity contribution in [2.45, 2.75) is 37.6 Å². The van der Waals surface area contributed by atoms with E-state index >= 15 is 0 Å². The first-order valence-electron chi connectivity index (χ1n) is 8.57. The van der Waals surface area contributed by atoms with Gasteiger partial charge in [-0.05, 0) is 31.0 Å². The Balaban J connectivity index is 1.73. The van der Waals surface area contributed by atoms with Crippen molar-refractivity contribution in [1.82, 2.24) is 0 Å². The van der Waals surface area contributed by atoms with Crippen molar-refractivity contribution < 1.29 is 18.3 Å². The Hall–Kier alpha value is -1.53. The molecule has 2 heterocycles. The van der Waals surface area contributed by atoms with Gasteiger partial charge in [0.25, 0.3) is 0 Å². The first-order valence-corrected chi connectivity index (χ1v) is 8.95. The Morgan fingerprint density at radius 1 is 1.32 bits per heavy atom. The van der Waals surface area contributed by atoms with Crippen molar-refractivity contribution in [2.24, 2.45) is 16.8 Å². The molecule has 0 bridgehead atoms. The standard InChI is InChI=1S/C18H19ClF2N2O2/c19-12-3-4-13-14(6-12)22-17(24)16(11-7-18(20,21)8-11)23-15(13)10-2-1-5-25-9-10/h3-4,6,10-11,16H,1-2,5,7-9H2,(H,22,24). The molecule has 7 heteroatoms. The summed E-state index contributed by atoms with van der Waals surface area (Å²) in [5, 5.41) is 3.34. The Morgan fingerprint density at radius 2 is 2.12 bits per heavy atom. The van der Waals surface area contributed by atoms with Gasteiger partial charge in [0.2, 0.25) is 11.8 Å². The maximum Gasteiger partial charge on any atom is 0.249 e. The fourth-order valence-electron chi connectivity index (χ4n) is 3.86. The average molecular weight is 369 g/mol. The van der Waals surface area contributed by atoms with Gasteiger partial charge in [0.15, 0.2) is 0 Å². The van der Waals surface area contributed by atoms with Gasteiger partial charge in [-0.25, -0.2) is 8.78 Å². The summed E-state index contributed by atoms with van der Waals surface area (Å²) in [5.74, 6) is -3.39. The van der Waals surface area contributed by atoms with Crippen LogP contribution in [-0.2, 0) is 9.53 Å². The summed E-state index contributed by atoms with van der Waals surface area (Å²) < 4.78 is 32.2. The number of amides is 1. The van der Waals surface area contributed by atoms with Gasteiger partial charge in [-0.2, -0.15) is 0 Å². The van der Waals surface area contributed by atoms with Crippen LogP contribution < -0.4 is 5.32 Å². The number of ether oxygens (including phenoxy) is 1. The Morgan fingerprint density at radius 3 is 2.80 bits per heavy atom. The molecule has 0 radical (unpaired) electrons. The van der Waals surface area contributed by atoms with E-state index in [9.17, 15) is 13.6 Å². The van der Waals surface area contributed by atoms with E-state index < -0.39 is 17.9 Å². The highest BCUT2D eigenvalue weighted by atomic mass is 35.5. The highest BCUT2D eigenvalue weighted by Gasteiger charge is 2.51. The third-order valence-electron chi connectivity index (χ3n) is 5.18. The maximum atomic E-state index is 13.3. The molecule has 134 valence electrons. The van der Waals surface area contributed by atoms with Gasteiger partial charge in [-0.15, -0.1) is 0 Å². The van der Waals surface area contributed by atoms with Gasteiger partial charge < -0.3 is 10.1 Å². The van der Waals surface area contributed by atoms with Crippen LogP contribution in [0.5, 0.6) is 0 Å². The molecular weight excluding hydrogens is 350 g/mol. The number of fused-ring (bicyclic) bond motifs is 1. The minimum absolute atomic E-state index is 0.0597. The molecule has 3 aliphatic rings. The predicted molar refractivity (Wildman–Crippen MR) is 91.6 cm³/mol. The van der Waals surface area contributed by atoms with E-state index in [0.717, 1.165) is 24.1 Å². The number of anilines is 1. The average Bonchev–Trinajstić information content (AvgIpc) is 2.69. The van der Waals surface area contributed by atoms with Crippen molar-refractivity contribution in [3.8, 4) is 0 Å². The summed E-state index contributed by atoms with van der Waals surface area (Å²) >= 11 is 6.07. The first kappa shape index (κ1) is 16.9. The topological polar surface area (TPSA) is 50.7 Å². The van der Waals surface area contributed by atoms with Gasteiger partial charge in [-0.3, -0.25) is 9.79 Å². The van der Waals surface area contributed by atoms with Crippen LogP contribution in [0.25, 0.3) is 0 Å². The first-order chi connectivity index (χ1) is 11.9. The number of aliphatic imine (C=N–C) groups is 1. The van der Waals surface area contributed by atoms with E-state index in [2.05, 4.69) is 10.3 Å².